The van der Waals surface area contributed by atoms with Crippen LogP contribution in [0.5, 0.6) is 0 Å². The van der Waals surface area contributed by atoms with Gasteiger partial charge in [-0.1, -0.05) is 0 Å². The lowest BCUT2D eigenvalue weighted by Gasteiger charge is -2.04. The molecule has 0 amide bonds. The molecule has 0 aliphatic carbocycles. The number of nitro groups is 1. The first-order chi connectivity index (χ1) is 7.81. The van der Waals surface area contributed by atoms with Crippen LogP contribution in [0.3, 0.4) is 0 Å². The van der Waals surface area contributed by atoms with Crippen molar-refractivity contribution in [1.29, 1.82) is 5.26 Å². The molecule has 0 aromatic heterocycles. The zero-order chi connectivity index (χ0) is 13.2. The van der Waals surface area contributed by atoms with Gasteiger partial charge in [-0.05, 0) is 11.6 Å². The number of hydrogen-bond donors (Lipinski definition) is 0. The van der Waals surface area contributed by atoms with E-state index in [9.17, 15) is 18.5 Å². The minimum atomic E-state index is -4.11. The molecule has 0 aliphatic heterocycles. The Hall–Kier alpha value is -1.36. The van der Waals surface area contributed by atoms with Gasteiger partial charge >= 0.3 is 0 Å². The van der Waals surface area contributed by atoms with Gasteiger partial charge in [-0.2, -0.15) is 5.26 Å². The van der Waals surface area contributed by atoms with Gasteiger partial charge in [0.25, 0.3) is 14.7 Å². The fourth-order valence-electron chi connectivity index (χ4n) is 1.18. The van der Waals surface area contributed by atoms with Gasteiger partial charge in [0.2, 0.25) is 0 Å². The first-order valence-corrected chi connectivity index (χ1v) is 6.87. The molecule has 0 saturated carbocycles. The lowest BCUT2D eigenvalue weighted by Crippen LogP contribution is -2.01. The van der Waals surface area contributed by atoms with E-state index >= 15 is 0 Å². The fourth-order valence-corrected chi connectivity index (χ4v) is 2.62. The smallest absolute Gasteiger partial charge is 0.258 e. The van der Waals surface area contributed by atoms with Crippen molar-refractivity contribution in [2.75, 3.05) is 0 Å². The van der Waals surface area contributed by atoms with Crippen molar-refractivity contribution in [2.24, 2.45) is 0 Å². The summed E-state index contributed by atoms with van der Waals surface area (Å²) in [5, 5.41) is 19.3. The standard InChI is InChI=1S/C8H4Cl2N2O4S/c9-3-5-1-7(12(13)14)6(4-11)2-8(5)17(10,15)16/h1-2H,3H2. The molecule has 9 heteroatoms. The third kappa shape index (κ3) is 2.85. The topological polar surface area (TPSA) is 101 Å². The minimum absolute atomic E-state index is 0.0210. The minimum Gasteiger partial charge on any atom is -0.258 e. The van der Waals surface area contributed by atoms with E-state index in [1.807, 2.05) is 0 Å². The summed E-state index contributed by atoms with van der Waals surface area (Å²) in [6.45, 7) is 0. The molecule has 0 fully saturated rings. The van der Waals surface area contributed by atoms with Crippen LogP contribution < -0.4 is 0 Å². The summed E-state index contributed by atoms with van der Waals surface area (Å²) in [5.41, 5.74) is -0.914. The zero-order valence-corrected chi connectivity index (χ0v) is 10.4. The SMILES string of the molecule is N#Cc1cc(S(=O)(=O)Cl)c(CCl)cc1[N+](=O)[O-]. The molecule has 0 unspecified atom stereocenters. The molecule has 0 spiro atoms. The second-order valence-corrected chi connectivity index (χ2v) is 5.72. The third-order valence-electron chi connectivity index (χ3n) is 1.90. The van der Waals surface area contributed by atoms with Crippen LogP contribution in [0.4, 0.5) is 5.69 Å². The molecular weight excluding hydrogens is 291 g/mol. The summed E-state index contributed by atoms with van der Waals surface area (Å²) in [7, 11) is 1.03. The van der Waals surface area contributed by atoms with Gasteiger partial charge in [0.15, 0.2) is 0 Å². The average molecular weight is 295 g/mol. The van der Waals surface area contributed by atoms with E-state index in [-0.39, 0.29) is 17.0 Å². The van der Waals surface area contributed by atoms with Crippen LogP contribution in [0.1, 0.15) is 11.1 Å². The molecule has 1 aromatic carbocycles. The Morgan fingerprint density at radius 2 is 2.06 bits per heavy atom. The maximum absolute atomic E-state index is 11.2. The van der Waals surface area contributed by atoms with Crippen molar-refractivity contribution in [3.8, 4) is 6.07 Å². The second-order valence-electron chi connectivity index (χ2n) is 2.92. The summed E-state index contributed by atoms with van der Waals surface area (Å²) >= 11 is 5.48. The lowest BCUT2D eigenvalue weighted by molar-refractivity contribution is -0.385. The largest absolute Gasteiger partial charge is 0.287 e. The summed E-state index contributed by atoms with van der Waals surface area (Å²) in [6, 6.07) is 3.31. The van der Waals surface area contributed by atoms with E-state index in [1.165, 1.54) is 6.07 Å². The number of nitro benzene ring substituents is 1. The van der Waals surface area contributed by atoms with E-state index in [4.69, 9.17) is 27.5 Å². The molecule has 0 heterocycles. The highest BCUT2D eigenvalue weighted by atomic mass is 35.7. The summed E-state index contributed by atoms with van der Waals surface area (Å²) in [4.78, 5) is 9.45. The van der Waals surface area contributed by atoms with Crippen LogP contribution in [0, 0.1) is 21.4 Å². The Kier molecular flexibility index (Phi) is 3.93. The number of benzene rings is 1. The molecule has 0 saturated heterocycles. The quantitative estimate of drug-likeness (QED) is 0.368. The van der Waals surface area contributed by atoms with Crippen molar-refractivity contribution in [1.82, 2.24) is 0 Å². The molecule has 0 aliphatic rings. The van der Waals surface area contributed by atoms with Crippen LogP contribution >= 0.6 is 22.3 Å². The molecule has 0 radical (unpaired) electrons. The van der Waals surface area contributed by atoms with Crippen LogP contribution in [0.2, 0.25) is 0 Å². The van der Waals surface area contributed by atoms with Crippen molar-refractivity contribution in [3.05, 3.63) is 33.4 Å². The van der Waals surface area contributed by atoms with Crippen molar-refractivity contribution < 1.29 is 13.3 Å². The number of halogens is 2. The molecule has 17 heavy (non-hydrogen) atoms. The van der Waals surface area contributed by atoms with Crippen LogP contribution in [-0.4, -0.2) is 13.3 Å². The van der Waals surface area contributed by atoms with E-state index in [0.717, 1.165) is 12.1 Å². The van der Waals surface area contributed by atoms with Gasteiger partial charge in [0.1, 0.15) is 11.6 Å². The lowest BCUT2D eigenvalue weighted by atomic mass is 10.1. The number of rotatable bonds is 3. The van der Waals surface area contributed by atoms with Gasteiger partial charge in [0.05, 0.1) is 9.82 Å². The number of hydrogen-bond acceptors (Lipinski definition) is 5. The van der Waals surface area contributed by atoms with Crippen molar-refractivity contribution in [3.63, 3.8) is 0 Å². The normalized spacial score (nSPS) is 10.9. The van der Waals surface area contributed by atoms with Gasteiger partial charge in [-0.3, -0.25) is 10.1 Å². The van der Waals surface area contributed by atoms with Gasteiger partial charge < -0.3 is 0 Å². The molecule has 1 aromatic rings. The Labute approximate surface area is 106 Å². The van der Waals surface area contributed by atoms with Gasteiger partial charge in [-0.25, -0.2) is 8.42 Å². The molecule has 0 atom stereocenters. The van der Waals surface area contributed by atoms with E-state index in [0.29, 0.717) is 0 Å². The number of alkyl halides is 1. The van der Waals surface area contributed by atoms with Crippen LogP contribution in [0.25, 0.3) is 0 Å². The Morgan fingerprint density at radius 1 is 1.47 bits per heavy atom. The number of nitriles is 1. The molecule has 90 valence electrons. The Balaban J connectivity index is 3.68. The van der Waals surface area contributed by atoms with E-state index in [2.05, 4.69) is 0 Å². The Bertz CT molecular complexity index is 621. The molecule has 6 nitrogen and oxygen atoms in total. The van der Waals surface area contributed by atoms with Gasteiger partial charge in [-0.15, -0.1) is 11.6 Å². The maximum Gasteiger partial charge on any atom is 0.287 e. The summed E-state index contributed by atoms with van der Waals surface area (Å²) < 4.78 is 22.4. The molecular formula is C8H4Cl2N2O4S. The van der Waals surface area contributed by atoms with Crippen molar-refractivity contribution in [2.45, 2.75) is 10.8 Å². The highest BCUT2D eigenvalue weighted by Gasteiger charge is 2.23. The molecule has 0 N–H and O–H groups in total. The molecule has 0 bridgehead atoms. The number of nitrogens with zero attached hydrogens (tertiary/aromatic N) is 2. The summed E-state index contributed by atoms with van der Waals surface area (Å²) in [6.07, 6.45) is 0. The van der Waals surface area contributed by atoms with Crippen molar-refractivity contribution >= 4 is 37.0 Å². The third-order valence-corrected chi connectivity index (χ3v) is 3.59. The highest BCUT2D eigenvalue weighted by Crippen LogP contribution is 2.29. The van der Waals surface area contributed by atoms with E-state index in [1.54, 1.807) is 0 Å². The highest BCUT2D eigenvalue weighted by molar-refractivity contribution is 8.13. The average Bonchev–Trinajstić information content (AvgIpc) is 2.25. The maximum atomic E-state index is 11.2. The zero-order valence-electron chi connectivity index (χ0n) is 8.05. The summed E-state index contributed by atoms with van der Waals surface area (Å²) in [5.74, 6) is -0.270. The predicted molar refractivity (Wildman–Crippen MR) is 60.4 cm³/mol. The van der Waals surface area contributed by atoms with Gasteiger partial charge in [0, 0.05) is 22.6 Å². The Morgan fingerprint density at radius 3 is 2.41 bits per heavy atom. The van der Waals surface area contributed by atoms with Crippen LogP contribution in [0.15, 0.2) is 17.0 Å². The predicted octanol–water partition coefficient (Wildman–Crippen LogP) is 2.13. The molecule has 1 rings (SSSR count). The first kappa shape index (κ1) is 13.7. The monoisotopic (exact) mass is 294 g/mol. The second kappa shape index (κ2) is 4.87. The first-order valence-electron chi connectivity index (χ1n) is 4.03. The van der Waals surface area contributed by atoms with Crippen LogP contribution in [-0.2, 0) is 14.9 Å². The van der Waals surface area contributed by atoms with E-state index < -0.39 is 24.6 Å². The fraction of sp³-hybridized carbons (Fsp3) is 0.125.